The van der Waals surface area contributed by atoms with Crippen molar-refractivity contribution in [3.05, 3.63) is 64.1 Å². The number of hydrogen-bond acceptors (Lipinski definition) is 3. The van der Waals surface area contributed by atoms with Crippen LogP contribution in [0.1, 0.15) is 18.1 Å². The lowest BCUT2D eigenvalue weighted by molar-refractivity contribution is -0.121. The van der Waals surface area contributed by atoms with Crippen LogP contribution in [-0.2, 0) is 16.0 Å². The Morgan fingerprint density at radius 2 is 1.96 bits per heavy atom. The monoisotopic (exact) mass is 416 g/mol. The maximum Gasteiger partial charge on any atom is 0.244 e. The summed E-state index contributed by atoms with van der Waals surface area (Å²) < 4.78 is 6.13. The van der Waals surface area contributed by atoms with Crippen molar-refractivity contribution >= 4 is 39.5 Å². The molecule has 0 saturated heterocycles. The smallest absolute Gasteiger partial charge is 0.244 e. The van der Waals surface area contributed by atoms with Gasteiger partial charge in [-0.25, -0.2) is 0 Å². The first-order valence-corrected chi connectivity index (χ1v) is 9.00. The van der Waals surface area contributed by atoms with Crippen LogP contribution >= 0.6 is 15.9 Å². The lowest BCUT2D eigenvalue weighted by Gasteiger charge is -2.09. The molecule has 0 saturated carbocycles. The molecule has 0 bridgehead atoms. The van der Waals surface area contributed by atoms with E-state index in [-0.39, 0.29) is 18.4 Å². The summed E-state index contributed by atoms with van der Waals surface area (Å²) >= 11 is 3.38. The van der Waals surface area contributed by atoms with Gasteiger partial charge in [-0.3, -0.25) is 9.59 Å². The Bertz CT molecular complexity index is 818. The summed E-state index contributed by atoms with van der Waals surface area (Å²) in [5.41, 5.74) is 2.58. The molecule has 0 aliphatic carbocycles. The van der Waals surface area contributed by atoms with E-state index in [1.807, 2.05) is 43.3 Å². The average molecular weight is 417 g/mol. The zero-order valence-corrected chi connectivity index (χ0v) is 16.3. The summed E-state index contributed by atoms with van der Waals surface area (Å²) in [6.45, 7) is 1.92. The van der Waals surface area contributed by atoms with Crippen molar-refractivity contribution in [2.45, 2.75) is 13.3 Å². The number of nitrogens with one attached hydrogen (secondary N) is 2. The standard InChI is InChI=1S/C20H21BrN2O3/c1-3-14-6-4-5-7-17(14)23-20(25)13-22-19(24)11-8-15-12-16(21)9-10-18(15)26-2/h4-12H,3,13H2,1-2H3,(H,22,24)(H,23,25)/b11-8+. The Morgan fingerprint density at radius 1 is 1.19 bits per heavy atom. The van der Waals surface area contributed by atoms with Gasteiger partial charge in [0.15, 0.2) is 0 Å². The lowest BCUT2D eigenvalue weighted by Crippen LogP contribution is -2.31. The fourth-order valence-electron chi connectivity index (χ4n) is 2.37. The molecule has 0 aliphatic rings. The van der Waals surface area contributed by atoms with E-state index in [1.165, 1.54) is 6.08 Å². The van der Waals surface area contributed by atoms with Crippen LogP contribution in [-0.4, -0.2) is 25.5 Å². The number of methoxy groups -OCH3 is 1. The highest BCUT2D eigenvalue weighted by Crippen LogP contribution is 2.24. The quantitative estimate of drug-likeness (QED) is 0.674. The SMILES string of the molecule is CCc1ccccc1NC(=O)CNC(=O)/C=C/c1cc(Br)ccc1OC. The Kier molecular flexibility index (Phi) is 7.41. The summed E-state index contributed by atoms with van der Waals surface area (Å²) in [6.07, 6.45) is 3.83. The van der Waals surface area contributed by atoms with Crippen molar-refractivity contribution in [2.24, 2.45) is 0 Å². The Hall–Kier alpha value is -2.60. The van der Waals surface area contributed by atoms with Crippen LogP contribution in [0.2, 0.25) is 0 Å². The lowest BCUT2D eigenvalue weighted by atomic mass is 10.1. The minimum Gasteiger partial charge on any atom is -0.496 e. The number of halogens is 1. The van der Waals surface area contributed by atoms with Crippen LogP contribution in [0.15, 0.2) is 53.0 Å². The predicted octanol–water partition coefficient (Wildman–Crippen LogP) is 3.79. The second kappa shape index (κ2) is 9.77. The molecule has 0 unspecified atom stereocenters. The van der Waals surface area contributed by atoms with Gasteiger partial charge >= 0.3 is 0 Å². The molecule has 0 fully saturated rings. The van der Waals surface area contributed by atoms with Gasteiger partial charge in [-0.1, -0.05) is 41.1 Å². The molecular weight excluding hydrogens is 396 g/mol. The highest BCUT2D eigenvalue weighted by Gasteiger charge is 2.07. The van der Waals surface area contributed by atoms with Gasteiger partial charge in [-0.15, -0.1) is 0 Å². The second-order valence-electron chi connectivity index (χ2n) is 5.50. The fraction of sp³-hybridized carbons (Fsp3) is 0.200. The summed E-state index contributed by atoms with van der Waals surface area (Å²) in [5, 5.41) is 5.38. The normalized spacial score (nSPS) is 10.6. The number of amides is 2. The largest absolute Gasteiger partial charge is 0.496 e. The molecule has 0 aromatic heterocycles. The summed E-state index contributed by atoms with van der Waals surface area (Å²) in [5.74, 6) is 0.0322. The van der Waals surface area contributed by atoms with Crippen molar-refractivity contribution < 1.29 is 14.3 Å². The van der Waals surface area contributed by atoms with E-state index in [2.05, 4.69) is 26.6 Å². The third-order valence-electron chi connectivity index (χ3n) is 3.70. The van der Waals surface area contributed by atoms with Crippen LogP contribution in [0.25, 0.3) is 6.08 Å². The number of carbonyl (C=O) groups is 2. The topological polar surface area (TPSA) is 67.4 Å². The van der Waals surface area contributed by atoms with Crippen LogP contribution < -0.4 is 15.4 Å². The van der Waals surface area contributed by atoms with Gasteiger partial charge < -0.3 is 15.4 Å². The van der Waals surface area contributed by atoms with Gasteiger partial charge in [0.25, 0.3) is 0 Å². The predicted molar refractivity (Wildman–Crippen MR) is 107 cm³/mol. The first-order valence-electron chi connectivity index (χ1n) is 8.20. The molecule has 0 atom stereocenters. The molecule has 2 aromatic rings. The van der Waals surface area contributed by atoms with Gasteiger partial charge in [-0.05, 0) is 42.3 Å². The number of hydrogen-bond donors (Lipinski definition) is 2. The molecule has 0 radical (unpaired) electrons. The molecule has 0 spiro atoms. The van der Waals surface area contributed by atoms with E-state index in [0.29, 0.717) is 5.75 Å². The minimum atomic E-state index is -0.356. The highest BCUT2D eigenvalue weighted by atomic mass is 79.9. The Labute approximate surface area is 161 Å². The van der Waals surface area contributed by atoms with Gasteiger partial charge in [0, 0.05) is 21.8 Å². The second-order valence-corrected chi connectivity index (χ2v) is 6.41. The van der Waals surface area contributed by atoms with Crippen molar-refractivity contribution in [3.63, 3.8) is 0 Å². The number of anilines is 1. The molecule has 0 heterocycles. The first-order chi connectivity index (χ1) is 12.5. The Balaban J connectivity index is 1.90. The van der Waals surface area contributed by atoms with Crippen LogP contribution in [0, 0.1) is 0 Å². The van der Waals surface area contributed by atoms with E-state index < -0.39 is 0 Å². The summed E-state index contributed by atoms with van der Waals surface area (Å²) in [4.78, 5) is 24.0. The molecule has 0 aliphatic heterocycles. The van der Waals surface area contributed by atoms with Crippen molar-refractivity contribution in [1.29, 1.82) is 0 Å². The van der Waals surface area contributed by atoms with Crippen LogP contribution in [0.3, 0.4) is 0 Å². The van der Waals surface area contributed by atoms with Crippen molar-refractivity contribution in [1.82, 2.24) is 5.32 Å². The van der Waals surface area contributed by atoms with Crippen LogP contribution in [0.4, 0.5) is 5.69 Å². The zero-order valence-electron chi connectivity index (χ0n) is 14.7. The van der Waals surface area contributed by atoms with E-state index in [0.717, 1.165) is 27.7 Å². The van der Waals surface area contributed by atoms with Gasteiger partial charge in [0.2, 0.25) is 11.8 Å². The number of benzene rings is 2. The number of para-hydroxylation sites is 1. The van der Waals surface area contributed by atoms with E-state index in [9.17, 15) is 9.59 Å². The molecule has 6 heteroatoms. The molecule has 26 heavy (non-hydrogen) atoms. The number of rotatable bonds is 7. The maximum absolute atomic E-state index is 12.0. The molecule has 2 N–H and O–H groups in total. The fourth-order valence-corrected chi connectivity index (χ4v) is 2.75. The highest BCUT2D eigenvalue weighted by molar-refractivity contribution is 9.10. The zero-order chi connectivity index (χ0) is 18.9. The number of ether oxygens (including phenoxy) is 1. The average Bonchev–Trinajstić information content (AvgIpc) is 2.65. The van der Waals surface area contributed by atoms with Crippen molar-refractivity contribution in [3.8, 4) is 5.75 Å². The molecular formula is C20H21BrN2O3. The van der Waals surface area contributed by atoms with Gasteiger partial charge in [0.1, 0.15) is 5.75 Å². The van der Waals surface area contributed by atoms with Gasteiger partial charge in [0.05, 0.1) is 13.7 Å². The molecule has 2 amide bonds. The minimum absolute atomic E-state index is 0.100. The number of aryl methyl sites for hydroxylation is 1. The Morgan fingerprint density at radius 3 is 2.69 bits per heavy atom. The van der Waals surface area contributed by atoms with E-state index in [4.69, 9.17) is 4.74 Å². The molecule has 2 rings (SSSR count). The van der Waals surface area contributed by atoms with Gasteiger partial charge in [-0.2, -0.15) is 0 Å². The summed E-state index contributed by atoms with van der Waals surface area (Å²) in [7, 11) is 1.57. The third kappa shape index (κ3) is 5.74. The molecule has 2 aromatic carbocycles. The summed E-state index contributed by atoms with van der Waals surface area (Å²) in [6, 6.07) is 13.1. The first kappa shape index (κ1) is 19.7. The van der Waals surface area contributed by atoms with E-state index in [1.54, 1.807) is 19.3 Å². The van der Waals surface area contributed by atoms with Crippen molar-refractivity contribution in [2.75, 3.05) is 19.0 Å². The maximum atomic E-state index is 12.0. The molecule has 136 valence electrons. The third-order valence-corrected chi connectivity index (χ3v) is 4.19. The van der Waals surface area contributed by atoms with Crippen LogP contribution in [0.5, 0.6) is 5.75 Å². The molecule has 5 nitrogen and oxygen atoms in total. The van der Waals surface area contributed by atoms with E-state index >= 15 is 0 Å². The number of carbonyl (C=O) groups excluding carboxylic acids is 2.